The number of benzene rings is 1. The molecule has 0 spiro atoms. The van der Waals surface area contributed by atoms with E-state index in [-0.39, 0.29) is 0 Å². The molecule has 18 heavy (non-hydrogen) atoms. The summed E-state index contributed by atoms with van der Waals surface area (Å²) in [6.07, 6.45) is 2.98. The van der Waals surface area contributed by atoms with Crippen LogP contribution in [0.3, 0.4) is 0 Å². The second-order valence-electron chi connectivity index (χ2n) is 5.13. The van der Waals surface area contributed by atoms with Crippen LogP contribution in [0.4, 0.5) is 0 Å². The Balaban J connectivity index is 1.52. The van der Waals surface area contributed by atoms with E-state index in [0.29, 0.717) is 12.1 Å². The first-order valence-electron chi connectivity index (χ1n) is 6.69. The lowest BCUT2D eigenvalue weighted by molar-refractivity contribution is 0.0646. The summed E-state index contributed by atoms with van der Waals surface area (Å²) in [4.78, 5) is 2.52. The van der Waals surface area contributed by atoms with Crippen molar-refractivity contribution in [3.63, 3.8) is 0 Å². The van der Waals surface area contributed by atoms with E-state index in [0.717, 1.165) is 23.9 Å². The minimum absolute atomic E-state index is 0.298. The Morgan fingerprint density at radius 1 is 1.22 bits per heavy atom. The van der Waals surface area contributed by atoms with Crippen LogP contribution in [-0.2, 0) is 0 Å². The van der Waals surface area contributed by atoms with Gasteiger partial charge < -0.3 is 15.0 Å². The third-order valence-corrected chi connectivity index (χ3v) is 4.04. The summed E-state index contributed by atoms with van der Waals surface area (Å²) in [6.45, 7) is 4.54. The van der Waals surface area contributed by atoms with Crippen LogP contribution in [-0.4, -0.2) is 43.2 Å². The van der Waals surface area contributed by atoms with Gasteiger partial charge in [0.25, 0.3) is 0 Å². The summed E-state index contributed by atoms with van der Waals surface area (Å²) < 4.78 is 5.98. The van der Waals surface area contributed by atoms with Crippen LogP contribution in [0.15, 0.2) is 24.3 Å². The fourth-order valence-corrected chi connectivity index (χ4v) is 2.74. The first-order valence-corrected chi connectivity index (χ1v) is 7.07. The Morgan fingerprint density at radius 2 is 1.94 bits per heavy atom. The highest BCUT2D eigenvalue weighted by atomic mass is 35.5. The lowest BCUT2D eigenvalue weighted by Crippen LogP contribution is -2.63. The van der Waals surface area contributed by atoms with Gasteiger partial charge in [-0.3, -0.25) is 0 Å². The highest BCUT2D eigenvalue weighted by Gasteiger charge is 2.34. The molecule has 2 aliphatic rings. The molecular formula is C14H19ClN2O. The van der Waals surface area contributed by atoms with Crippen LogP contribution in [0.1, 0.15) is 12.8 Å². The maximum atomic E-state index is 5.98. The molecule has 2 fully saturated rings. The smallest absolute Gasteiger partial charge is 0.128 e. The summed E-state index contributed by atoms with van der Waals surface area (Å²) in [6, 6.07) is 8.09. The zero-order valence-corrected chi connectivity index (χ0v) is 11.2. The first kappa shape index (κ1) is 12.3. The lowest BCUT2D eigenvalue weighted by Gasteiger charge is -2.40. The molecule has 2 atom stereocenters. The molecule has 1 aromatic carbocycles. The molecule has 0 unspecified atom stereocenters. The Morgan fingerprint density at radius 3 is 2.56 bits per heavy atom. The molecule has 1 N–H and O–H groups in total. The molecule has 98 valence electrons. The van der Waals surface area contributed by atoms with E-state index in [1.807, 2.05) is 24.3 Å². The van der Waals surface area contributed by atoms with Gasteiger partial charge in [-0.15, -0.1) is 0 Å². The summed E-state index contributed by atoms with van der Waals surface area (Å²) in [7, 11) is 0. The van der Waals surface area contributed by atoms with Gasteiger partial charge in [-0.1, -0.05) is 11.6 Å². The van der Waals surface area contributed by atoms with Crippen LogP contribution in [0.2, 0.25) is 5.02 Å². The fraction of sp³-hybridized carbons (Fsp3) is 0.571. The minimum atomic E-state index is 0.298. The fourth-order valence-electron chi connectivity index (χ4n) is 2.62. The average molecular weight is 267 g/mol. The third kappa shape index (κ3) is 2.79. The highest BCUT2D eigenvalue weighted by Crippen LogP contribution is 2.21. The molecule has 0 saturated carbocycles. The number of ether oxygens (including phenoxy) is 1. The molecule has 2 heterocycles. The maximum absolute atomic E-state index is 5.98. The molecule has 3 rings (SSSR count). The first-order chi connectivity index (χ1) is 8.81. The molecule has 0 bridgehead atoms. The molecule has 3 nitrogen and oxygen atoms in total. The third-order valence-electron chi connectivity index (χ3n) is 3.78. The van der Waals surface area contributed by atoms with Gasteiger partial charge in [-0.2, -0.15) is 0 Å². The number of nitrogens with zero attached hydrogens (tertiary/aromatic N) is 1. The molecule has 1 aromatic rings. The van der Waals surface area contributed by atoms with Crippen LogP contribution in [0.25, 0.3) is 0 Å². The Bertz CT molecular complexity index is 389. The van der Waals surface area contributed by atoms with Crippen molar-refractivity contribution in [3.8, 4) is 5.75 Å². The number of nitrogens with one attached hydrogen (secondary N) is 1. The molecule has 0 amide bonds. The van der Waals surface area contributed by atoms with Gasteiger partial charge in [0.15, 0.2) is 0 Å². The Hall–Kier alpha value is -0.770. The summed E-state index contributed by atoms with van der Waals surface area (Å²) in [5.74, 6) is 0.914. The van der Waals surface area contributed by atoms with Crippen molar-refractivity contribution in [3.05, 3.63) is 29.3 Å². The second-order valence-corrected chi connectivity index (χ2v) is 5.57. The molecule has 0 aromatic heterocycles. The van der Waals surface area contributed by atoms with Crippen molar-refractivity contribution in [2.24, 2.45) is 0 Å². The van der Waals surface area contributed by atoms with Crippen molar-refractivity contribution in [1.29, 1.82) is 0 Å². The van der Waals surface area contributed by atoms with Gasteiger partial charge in [-0.05, 0) is 50.2 Å². The van der Waals surface area contributed by atoms with Gasteiger partial charge in [0, 0.05) is 18.1 Å². The topological polar surface area (TPSA) is 24.5 Å². The summed E-state index contributed by atoms with van der Waals surface area (Å²) >= 11 is 5.86. The van der Waals surface area contributed by atoms with Gasteiger partial charge >= 0.3 is 0 Å². The van der Waals surface area contributed by atoms with Crippen LogP contribution in [0, 0.1) is 0 Å². The van der Waals surface area contributed by atoms with Crippen molar-refractivity contribution >= 4 is 11.6 Å². The summed E-state index contributed by atoms with van der Waals surface area (Å²) in [5.41, 5.74) is 0. The van der Waals surface area contributed by atoms with E-state index in [4.69, 9.17) is 16.3 Å². The van der Waals surface area contributed by atoms with Crippen molar-refractivity contribution in [2.45, 2.75) is 25.0 Å². The van der Waals surface area contributed by atoms with Crippen molar-refractivity contribution in [2.75, 3.05) is 26.2 Å². The van der Waals surface area contributed by atoms with Crippen LogP contribution >= 0.6 is 11.6 Å². The second kappa shape index (κ2) is 5.47. The van der Waals surface area contributed by atoms with Crippen molar-refractivity contribution < 1.29 is 4.74 Å². The normalized spacial score (nSPS) is 28.1. The van der Waals surface area contributed by atoms with E-state index in [2.05, 4.69) is 10.2 Å². The zero-order valence-electron chi connectivity index (χ0n) is 10.4. The predicted octanol–water partition coefficient (Wildman–Crippen LogP) is 2.16. The molecule has 2 aliphatic heterocycles. The number of hydrogen-bond acceptors (Lipinski definition) is 3. The SMILES string of the molecule is Clc1ccc(O[C@@H]2CN[C@@H]2CN2CCCC2)cc1. The lowest BCUT2D eigenvalue weighted by atomic mass is 10.0. The largest absolute Gasteiger partial charge is 0.487 e. The molecule has 0 radical (unpaired) electrons. The average Bonchev–Trinajstić information content (AvgIpc) is 2.87. The number of hydrogen-bond donors (Lipinski definition) is 1. The predicted molar refractivity (Wildman–Crippen MR) is 73.3 cm³/mol. The summed E-state index contributed by atoms with van der Waals surface area (Å²) in [5, 5.41) is 4.21. The molecule has 2 saturated heterocycles. The zero-order chi connectivity index (χ0) is 12.4. The van der Waals surface area contributed by atoms with Crippen LogP contribution < -0.4 is 10.1 Å². The van der Waals surface area contributed by atoms with E-state index in [9.17, 15) is 0 Å². The van der Waals surface area contributed by atoms with Gasteiger partial charge in [-0.25, -0.2) is 0 Å². The van der Waals surface area contributed by atoms with E-state index >= 15 is 0 Å². The standard InChI is InChI=1S/C14H19ClN2O/c15-11-3-5-12(6-4-11)18-14-9-16-13(14)10-17-7-1-2-8-17/h3-6,13-14,16H,1-2,7-10H2/t13-,14-/m1/s1. The minimum Gasteiger partial charge on any atom is -0.487 e. The molecule has 4 heteroatoms. The molecule has 0 aliphatic carbocycles. The quantitative estimate of drug-likeness (QED) is 0.904. The Kier molecular flexibility index (Phi) is 3.73. The van der Waals surface area contributed by atoms with Crippen molar-refractivity contribution in [1.82, 2.24) is 10.2 Å². The van der Waals surface area contributed by atoms with Crippen LogP contribution in [0.5, 0.6) is 5.75 Å². The number of halogens is 1. The highest BCUT2D eigenvalue weighted by molar-refractivity contribution is 6.30. The molecular weight excluding hydrogens is 248 g/mol. The van der Waals surface area contributed by atoms with E-state index < -0.39 is 0 Å². The monoisotopic (exact) mass is 266 g/mol. The van der Waals surface area contributed by atoms with Gasteiger partial charge in [0.1, 0.15) is 11.9 Å². The maximum Gasteiger partial charge on any atom is 0.128 e. The Labute approximate surface area is 113 Å². The van der Waals surface area contributed by atoms with Gasteiger partial charge in [0.2, 0.25) is 0 Å². The number of likely N-dealkylation sites (tertiary alicyclic amines) is 1. The van der Waals surface area contributed by atoms with E-state index in [1.54, 1.807) is 0 Å². The number of rotatable bonds is 4. The van der Waals surface area contributed by atoms with Gasteiger partial charge in [0.05, 0.1) is 6.04 Å². The van der Waals surface area contributed by atoms with E-state index in [1.165, 1.54) is 25.9 Å².